The molecule has 0 saturated carbocycles. The van der Waals surface area contributed by atoms with E-state index in [-0.39, 0.29) is 11.4 Å². The summed E-state index contributed by atoms with van der Waals surface area (Å²) in [7, 11) is -2.64. The van der Waals surface area contributed by atoms with Crippen molar-refractivity contribution in [3.8, 4) is 0 Å². The Bertz CT molecular complexity index is 822. The SMILES string of the molecule is COC(=O)CN(c1cc(C)cc(C)c1)S(=O)(=O)c1ccc(C)cc1. The van der Waals surface area contributed by atoms with Gasteiger partial charge in [0.05, 0.1) is 17.7 Å². The van der Waals surface area contributed by atoms with Crippen molar-refractivity contribution in [3.63, 3.8) is 0 Å². The van der Waals surface area contributed by atoms with Crippen LogP contribution in [0.4, 0.5) is 5.69 Å². The number of hydrogen-bond donors (Lipinski definition) is 0. The maximum absolute atomic E-state index is 13.0. The summed E-state index contributed by atoms with van der Waals surface area (Å²) in [5.41, 5.74) is 3.23. The van der Waals surface area contributed by atoms with E-state index in [0.717, 1.165) is 21.0 Å². The Kier molecular flexibility index (Phi) is 5.29. The highest BCUT2D eigenvalue weighted by atomic mass is 32.2. The number of methoxy groups -OCH3 is 1. The lowest BCUT2D eigenvalue weighted by Crippen LogP contribution is -2.36. The average molecular weight is 347 g/mol. The molecule has 2 rings (SSSR count). The molecule has 2 aromatic rings. The number of benzene rings is 2. The highest BCUT2D eigenvalue weighted by Gasteiger charge is 2.27. The zero-order valence-electron chi connectivity index (χ0n) is 14.2. The standard InChI is InChI=1S/C18H21NO4S/c1-13-5-7-17(8-6-13)24(21,22)19(12-18(20)23-4)16-10-14(2)9-15(3)11-16/h5-11H,12H2,1-4H3. The van der Waals surface area contributed by atoms with Gasteiger partial charge in [-0.3, -0.25) is 9.10 Å². The molecule has 24 heavy (non-hydrogen) atoms. The topological polar surface area (TPSA) is 63.7 Å². The molecule has 0 fully saturated rings. The number of ether oxygens (including phenoxy) is 1. The Morgan fingerprint density at radius 2 is 1.50 bits per heavy atom. The normalized spacial score (nSPS) is 11.2. The van der Waals surface area contributed by atoms with Crippen LogP contribution >= 0.6 is 0 Å². The summed E-state index contributed by atoms with van der Waals surface area (Å²) < 4.78 is 31.8. The van der Waals surface area contributed by atoms with Crippen molar-refractivity contribution in [2.75, 3.05) is 18.0 Å². The Hall–Kier alpha value is -2.34. The van der Waals surface area contributed by atoms with Gasteiger partial charge in [0, 0.05) is 0 Å². The van der Waals surface area contributed by atoms with Gasteiger partial charge in [0.25, 0.3) is 10.0 Å². The second kappa shape index (κ2) is 7.05. The monoisotopic (exact) mass is 347 g/mol. The zero-order chi connectivity index (χ0) is 17.9. The molecule has 0 spiro atoms. The Morgan fingerprint density at radius 1 is 0.958 bits per heavy atom. The second-order valence-corrected chi connectivity index (χ2v) is 7.61. The Morgan fingerprint density at radius 3 is 2.00 bits per heavy atom. The quantitative estimate of drug-likeness (QED) is 0.780. The first-order valence-corrected chi connectivity index (χ1v) is 8.92. The van der Waals surface area contributed by atoms with Gasteiger partial charge < -0.3 is 4.74 Å². The number of hydrogen-bond acceptors (Lipinski definition) is 4. The molecule has 0 amide bonds. The van der Waals surface area contributed by atoms with E-state index in [9.17, 15) is 13.2 Å². The van der Waals surface area contributed by atoms with E-state index >= 15 is 0 Å². The molecule has 2 aromatic carbocycles. The first-order chi connectivity index (χ1) is 11.2. The molecule has 0 aliphatic rings. The van der Waals surface area contributed by atoms with Crippen molar-refractivity contribution < 1.29 is 17.9 Å². The van der Waals surface area contributed by atoms with Crippen LogP contribution in [0.1, 0.15) is 16.7 Å². The van der Waals surface area contributed by atoms with Gasteiger partial charge in [-0.25, -0.2) is 8.42 Å². The maximum atomic E-state index is 13.0. The molecule has 0 N–H and O–H groups in total. The van der Waals surface area contributed by atoms with Crippen molar-refractivity contribution in [1.82, 2.24) is 0 Å². The largest absolute Gasteiger partial charge is 0.468 e. The molecule has 0 aliphatic carbocycles. The molecule has 6 heteroatoms. The lowest BCUT2D eigenvalue weighted by Gasteiger charge is -2.24. The van der Waals surface area contributed by atoms with E-state index in [0.29, 0.717) is 5.69 Å². The first-order valence-electron chi connectivity index (χ1n) is 7.48. The van der Waals surface area contributed by atoms with Gasteiger partial charge in [-0.15, -0.1) is 0 Å². The molecule has 0 unspecified atom stereocenters. The number of aryl methyl sites for hydroxylation is 3. The summed E-state index contributed by atoms with van der Waals surface area (Å²) in [5.74, 6) is -0.621. The molecule has 0 atom stereocenters. The Labute approximate surface area is 142 Å². The molecule has 0 bridgehead atoms. The molecule has 0 saturated heterocycles. The van der Waals surface area contributed by atoms with Crippen LogP contribution in [0.25, 0.3) is 0 Å². The fraction of sp³-hybridized carbons (Fsp3) is 0.278. The number of sulfonamides is 1. The minimum Gasteiger partial charge on any atom is -0.468 e. The summed E-state index contributed by atoms with van der Waals surface area (Å²) in [6.45, 7) is 5.26. The molecular formula is C18H21NO4S. The lowest BCUT2D eigenvalue weighted by molar-refractivity contribution is -0.138. The third-order valence-electron chi connectivity index (χ3n) is 3.60. The molecular weight excluding hydrogens is 326 g/mol. The van der Waals surface area contributed by atoms with Crippen LogP contribution in [-0.2, 0) is 19.6 Å². The third-order valence-corrected chi connectivity index (χ3v) is 5.39. The van der Waals surface area contributed by atoms with Crippen LogP contribution in [0, 0.1) is 20.8 Å². The number of carbonyl (C=O) groups excluding carboxylic acids is 1. The van der Waals surface area contributed by atoms with E-state index < -0.39 is 16.0 Å². The van der Waals surface area contributed by atoms with E-state index in [4.69, 9.17) is 0 Å². The van der Waals surface area contributed by atoms with Gasteiger partial charge >= 0.3 is 5.97 Å². The molecule has 0 aliphatic heterocycles. The summed E-state index contributed by atoms with van der Waals surface area (Å²) in [5, 5.41) is 0. The van der Waals surface area contributed by atoms with Crippen molar-refractivity contribution in [2.45, 2.75) is 25.7 Å². The third kappa shape index (κ3) is 3.94. The van der Waals surface area contributed by atoms with Crippen molar-refractivity contribution in [3.05, 3.63) is 59.2 Å². The second-order valence-electron chi connectivity index (χ2n) is 5.75. The van der Waals surface area contributed by atoms with Crippen molar-refractivity contribution in [1.29, 1.82) is 0 Å². The van der Waals surface area contributed by atoms with Gasteiger partial charge in [0.15, 0.2) is 0 Å². The smallest absolute Gasteiger partial charge is 0.326 e. The van der Waals surface area contributed by atoms with Crippen molar-refractivity contribution >= 4 is 21.7 Å². The maximum Gasteiger partial charge on any atom is 0.326 e. The van der Waals surface area contributed by atoms with Crippen LogP contribution in [-0.4, -0.2) is 28.0 Å². The number of nitrogens with zero attached hydrogens (tertiary/aromatic N) is 1. The van der Waals surface area contributed by atoms with Crippen LogP contribution in [0.2, 0.25) is 0 Å². The molecule has 128 valence electrons. The van der Waals surface area contributed by atoms with Gasteiger partial charge in [0.1, 0.15) is 6.54 Å². The zero-order valence-corrected chi connectivity index (χ0v) is 15.1. The number of carbonyl (C=O) groups is 1. The molecule has 0 heterocycles. The number of esters is 1. The highest BCUT2D eigenvalue weighted by Crippen LogP contribution is 2.26. The van der Waals surface area contributed by atoms with Gasteiger partial charge in [0.2, 0.25) is 0 Å². The fourth-order valence-electron chi connectivity index (χ4n) is 2.43. The van der Waals surface area contributed by atoms with E-state index in [1.165, 1.54) is 19.2 Å². The van der Waals surface area contributed by atoms with Gasteiger partial charge in [-0.1, -0.05) is 23.8 Å². The van der Waals surface area contributed by atoms with Crippen molar-refractivity contribution in [2.24, 2.45) is 0 Å². The van der Waals surface area contributed by atoms with E-state index in [2.05, 4.69) is 4.74 Å². The van der Waals surface area contributed by atoms with E-state index in [1.807, 2.05) is 26.8 Å². The highest BCUT2D eigenvalue weighted by molar-refractivity contribution is 7.92. The summed E-state index contributed by atoms with van der Waals surface area (Å²) >= 11 is 0. The van der Waals surface area contributed by atoms with Crippen LogP contribution in [0.15, 0.2) is 47.4 Å². The minimum absolute atomic E-state index is 0.135. The minimum atomic E-state index is -3.88. The predicted octanol–water partition coefficient (Wildman–Crippen LogP) is 2.98. The summed E-state index contributed by atoms with van der Waals surface area (Å²) in [6, 6.07) is 12.0. The van der Waals surface area contributed by atoms with Crippen LogP contribution in [0.3, 0.4) is 0 Å². The predicted molar refractivity (Wildman–Crippen MR) is 93.6 cm³/mol. The van der Waals surface area contributed by atoms with Crippen LogP contribution < -0.4 is 4.31 Å². The number of anilines is 1. The molecule has 0 aromatic heterocycles. The lowest BCUT2D eigenvalue weighted by atomic mass is 10.1. The van der Waals surface area contributed by atoms with E-state index in [1.54, 1.807) is 24.3 Å². The number of rotatable bonds is 5. The van der Waals surface area contributed by atoms with Gasteiger partial charge in [-0.2, -0.15) is 0 Å². The van der Waals surface area contributed by atoms with Gasteiger partial charge in [-0.05, 0) is 56.2 Å². The fourth-order valence-corrected chi connectivity index (χ4v) is 3.82. The average Bonchev–Trinajstić information content (AvgIpc) is 2.51. The summed E-state index contributed by atoms with van der Waals surface area (Å²) in [4.78, 5) is 11.9. The molecule has 0 radical (unpaired) electrons. The Balaban J connectivity index is 2.56. The van der Waals surface area contributed by atoms with Crippen LogP contribution in [0.5, 0.6) is 0 Å². The first kappa shape index (κ1) is 18.0. The molecule has 5 nitrogen and oxygen atoms in total. The summed E-state index contributed by atoms with van der Waals surface area (Å²) in [6.07, 6.45) is 0.